The van der Waals surface area contributed by atoms with Crippen LogP contribution in [0.3, 0.4) is 0 Å². The van der Waals surface area contributed by atoms with E-state index in [1.807, 2.05) is 24.3 Å². The predicted octanol–water partition coefficient (Wildman–Crippen LogP) is 3.60. The molecular formula is C11H15ClO. The first-order chi connectivity index (χ1) is 6.36. The molecule has 0 N–H and O–H groups in total. The van der Waals surface area contributed by atoms with Gasteiger partial charge in [-0.25, -0.2) is 0 Å². The summed E-state index contributed by atoms with van der Waals surface area (Å²) >= 11 is 5.67. The zero-order valence-corrected chi connectivity index (χ0v) is 8.68. The predicted molar refractivity (Wildman–Crippen MR) is 56.4 cm³/mol. The van der Waals surface area contributed by atoms with E-state index in [-0.39, 0.29) is 0 Å². The highest BCUT2D eigenvalue weighted by atomic mass is 35.5. The van der Waals surface area contributed by atoms with E-state index < -0.39 is 0 Å². The Morgan fingerprint density at radius 1 is 1.23 bits per heavy atom. The summed E-state index contributed by atoms with van der Waals surface area (Å²) in [5.41, 5.74) is 1.13. The van der Waals surface area contributed by atoms with Crippen LogP contribution in [-0.2, 0) is 5.88 Å². The molecular weight excluding hydrogens is 184 g/mol. The Balaban J connectivity index is 2.40. The normalized spacial score (nSPS) is 10.0. The molecule has 0 heterocycles. The van der Waals surface area contributed by atoms with Crippen molar-refractivity contribution in [3.05, 3.63) is 29.8 Å². The third kappa shape index (κ3) is 3.69. The molecule has 0 aliphatic carbocycles. The third-order valence-electron chi connectivity index (χ3n) is 1.84. The van der Waals surface area contributed by atoms with Gasteiger partial charge in [0.05, 0.1) is 6.61 Å². The molecule has 72 valence electrons. The van der Waals surface area contributed by atoms with Crippen molar-refractivity contribution in [2.24, 2.45) is 0 Å². The van der Waals surface area contributed by atoms with Gasteiger partial charge in [0.15, 0.2) is 0 Å². The van der Waals surface area contributed by atoms with E-state index in [4.69, 9.17) is 16.3 Å². The summed E-state index contributed by atoms with van der Waals surface area (Å²) in [6.45, 7) is 2.96. The molecule has 0 unspecified atom stereocenters. The van der Waals surface area contributed by atoms with Crippen molar-refractivity contribution < 1.29 is 4.74 Å². The number of benzene rings is 1. The van der Waals surface area contributed by atoms with Crippen LogP contribution in [0, 0.1) is 0 Å². The first kappa shape index (κ1) is 10.4. The number of hydrogen-bond acceptors (Lipinski definition) is 1. The molecule has 0 radical (unpaired) electrons. The second kappa shape index (κ2) is 5.87. The first-order valence-electron chi connectivity index (χ1n) is 4.64. The highest BCUT2D eigenvalue weighted by molar-refractivity contribution is 6.17. The van der Waals surface area contributed by atoms with Gasteiger partial charge in [-0.3, -0.25) is 0 Å². The van der Waals surface area contributed by atoms with Gasteiger partial charge in [0.1, 0.15) is 5.75 Å². The van der Waals surface area contributed by atoms with Crippen molar-refractivity contribution in [2.75, 3.05) is 6.61 Å². The molecule has 0 bridgehead atoms. The average Bonchev–Trinajstić information content (AvgIpc) is 2.19. The summed E-state index contributed by atoms with van der Waals surface area (Å²) < 4.78 is 5.50. The smallest absolute Gasteiger partial charge is 0.119 e. The first-order valence-corrected chi connectivity index (χ1v) is 5.18. The van der Waals surface area contributed by atoms with Crippen LogP contribution in [0.1, 0.15) is 25.3 Å². The summed E-state index contributed by atoms with van der Waals surface area (Å²) in [5, 5.41) is 0. The molecule has 13 heavy (non-hydrogen) atoms. The number of rotatable bonds is 5. The van der Waals surface area contributed by atoms with Crippen molar-refractivity contribution in [3.8, 4) is 5.75 Å². The molecule has 0 aliphatic heterocycles. The molecule has 0 atom stereocenters. The quantitative estimate of drug-likeness (QED) is 0.519. The van der Waals surface area contributed by atoms with Gasteiger partial charge in [0.2, 0.25) is 0 Å². The molecule has 0 fully saturated rings. The average molecular weight is 199 g/mol. The minimum atomic E-state index is 0.565. The zero-order chi connectivity index (χ0) is 9.52. The third-order valence-corrected chi connectivity index (χ3v) is 2.15. The molecule has 0 spiro atoms. The largest absolute Gasteiger partial charge is 0.494 e. The van der Waals surface area contributed by atoms with E-state index in [9.17, 15) is 0 Å². The molecule has 0 amide bonds. The SMILES string of the molecule is CCCCOc1ccc(CCl)cc1. The molecule has 0 saturated heterocycles. The van der Waals surface area contributed by atoms with E-state index in [0.29, 0.717) is 5.88 Å². The minimum Gasteiger partial charge on any atom is -0.494 e. The van der Waals surface area contributed by atoms with Crippen LogP contribution in [0.4, 0.5) is 0 Å². The lowest BCUT2D eigenvalue weighted by atomic mass is 10.2. The summed E-state index contributed by atoms with van der Waals surface area (Å²) in [6, 6.07) is 7.92. The number of ether oxygens (including phenoxy) is 1. The van der Waals surface area contributed by atoms with Gasteiger partial charge in [0, 0.05) is 5.88 Å². The molecule has 0 aromatic heterocycles. The number of unbranched alkanes of at least 4 members (excludes halogenated alkanes) is 1. The zero-order valence-electron chi connectivity index (χ0n) is 7.92. The lowest BCUT2D eigenvalue weighted by Crippen LogP contribution is -1.96. The van der Waals surface area contributed by atoms with Gasteiger partial charge >= 0.3 is 0 Å². The van der Waals surface area contributed by atoms with Crippen LogP contribution in [0.2, 0.25) is 0 Å². The Morgan fingerprint density at radius 3 is 2.46 bits per heavy atom. The highest BCUT2D eigenvalue weighted by Crippen LogP contribution is 2.13. The summed E-state index contributed by atoms with van der Waals surface area (Å²) in [6.07, 6.45) is 2.27. The Bertz CT molecular complexity index is 230. The van der Waals surface area contributed by atoms with Gasteiger partial charge in [-0.2, -0.15) is 0 Å². The van der Waals surface area contributed by atoms with Crippen LogP contribution < -0.4 is 4.74 Å². The van der Waals surface area contributed by atoms with Gasteiger partial charge in [-0.1, -0.05) is 25.5 Å². The Hall–Kier alpha value is -0.690. The molecule has 1 nitrogen and oxygen atoms in total. The van der Waals surface area contributed by atoms with Gasteiger partial charge in [0.25, 0.3) is 0 Å². The van der Waals surface area contributed by atoms with Crippen molar-refractivity contribution in [1.29, 1.82) is 0 Å². The second-order valence-corrected chi connectivity index (χ2v) is 3.25. The Labute approximate surface area is 84.7 Å². The van der Waals surface area contributed by atoms with E-state index in [0.717, 1.165) is 24.3 Å². The van der Waals surface area contributed by atoms with Gasteiger partial charge < -0.3 is 4.74 Å². The summed E-state index contributed by atoms with van der Waals surface area (Å²) in [4.78, 5) is 0. The number of halogens is 1. The summed E-state index contributed by atoms with van der Waals surface area (Å²) in [7, 11) is 0. The van der Waals surface area contributed by atoms with Crippen molar-refractivity contribution in [1.82, 2.24) is 0 Å². The van der Waals surface area contributed by atoms with Crippen molar-refractivity contribution >= 4 is 11.6 Å². The van der Waals surface area contributed by atoms with Gasteiger partial charge in [-0.05, 0) is 24.1 Å². The number of hydrogen-bond donors (Lipinski definition) is 0. The Kier molecular flexibility index (Phi) is 4.69. The lowest BCUT2D eigenvalue weighted by molar-refractivity contribution is 0.309. The molecule has 1 aromatic rings. The van der Waals surface area contributed by atoms with Crippen molar-refractivity contribution in [2.45, 2.75) is 25.6 Å². The lowest BCUT2D eigenvalue weighted by Gasteiger charge is -2.04. The molecule has 0 saturated carbocycles. The second-order valence-electron chi connectivity index (χ2n) is 2.98. The minimum absolute atomic E-state index is 0.565. The molecule has 2 heteroatoms. The molecule has 1 rings (SSSR count). The molecule has 0 aliphatic rings. The van der Waals surface area contributed by atoms with E-state index >= 15 is 0 Å². The van der Waals surface area contributed by atoms with Crippen molar-refractivity contribution in [3.63, 3.8) is 0 Å². The maximum Gasteiger partial charge on any atom is 0.119 e. The van der Waals surface area contributed by atoms with Crippen LogP contribution in [0.5, 0.6) is 5.75 Å². The maximum atomic E-state index is 5.67. The van der Waals surface area contributed by atoms with Crippen LogP contribution in [0.25, 0.3) is 0 Å². The van der Waals surface area contributed by atoms with Crippen LogP contribution in [0.15, 0.2) is 24.3 Å². The topological polar surface area (TPSA) is 9.23 Å². The number of alkyl halides is 1. The Morgan fingerprint density at radius 2 is 1.92 bits per heavy atom. The fourth-order valence-electron chi connectivity index (χ4n) is 1.01. The summed E-state index contributed by atoms with van der Waals surface area (Å²) in [5.74, 6) is 1.50. The highest BCUT2D eigenvalue weighted by Gasteiger charge is 1.93. The van der Waals surface area contributed by atoms with E-state index in [1.54, 1.807) is 0 Å². The van der Waals surface area contributed by atoms with Gasteiger partial charge in [-0.15, -0.1) is 11.6 Å². The van der Waals surface area contributed by atoms with E-state index in [2.05, 4.69) is 6.92 Å². The van der Waals surface area contributed by atoms with E-state index in [1.165, 1.54) is 6.42 Å². The molecule has 1 aromatic carbocycles. The standard InChI is InChI=1S/C11H15ClO/c1-2-3-8-13-11-6-4-10(9-12)5-7-11/h4-7H,2-3,8-9H2,1H3. The maximum absolute atomic E-state index is 5.67. The fraction of sp³-hybridized carbons (Fsp3) is 0.455. The van der Waals surface area contributed by atoms with Crippen LogP contribution in [-0.4, -0.2) is 6.61 Å². The van der Waals surface area contributed by atoms with Crippen LogP contribution >= 0.6 is 11.6 Å². The fourth-order valence-corrected chi connectivity index (χ4v) is 1.19. The monoisotopic (exact) mass is 198 g/mol.